The fourth-order valence-electron chi connectivity index (χ4n) is 2.07. The van der Waals surface area contributed by atoms with Crippen LogP contribution in [0.1, 0.15) is 18.7 Å². The number of carbonyl (C=O) groups excluding carboxylic acids is 1. The molecular weight excluding hydrogens is 237 g/mol. The SMILES string of the molecule is CCn1c(C(O)C(=O)OC)cc2cc(F)ccc21. The van der Waals surface area contributed by atoms with Gasteiger partial charge in [-0.05, 0) is 31.2 Å². The van der Waals surface area contributed by atoms with Crippen molar-refractivity contribution in [3.63, 3.8) is 0 Å². The van der Waals surface area contributed by atoms with E-state index < -0.39 is 12.1 Å². The molecule has 18 heavy (non-hydrogen) atoms. The molecule has 1 N–H and O–H groups in total. The zero-order valence-corrected chi connectivity index (χ0v) is 10.2. The number of halogens is 1. The second kappa shape index (κ2) is 4.78. The highest BCUT2D eigenvalue weighted by Gasteiger charge is 2.23. The number of aliphatic hydroxyl groups excluding tert-OH is 1. The Kier molecular flexibility index (Phi) is 3.34. The summed E-state index contributed by atoms with van der Waals surface area (Å²) in [6.45, 7) is 2.45. The number of nitrogens with zero attached hydrogens (tertiary/aromatic N) is 1. The smallest absolute Gasteiger partial charge is 0.340 e. The van der Waals surface area contributed by atoms with Gasteiger partial charge in [0.1, 0.15) is 5.82 Å². The molecule has 0 saturated heterocycles. The van der Waals surface area contributed by atoms with Crippen molar-refractivity contribution in [3.8, 4) is 0 Å². The lowest BCUT2D eigenvalue weighted by molar-refractivity contribution is -0.151. The molecule has 2 rings (SSSR count). The molecule has 1 aromatic carbocycles. The minimum absolute atomic E-state index is 0.352. The molecule has 0 aliphatic heterocycles. The molecule has 1 aromatic heterocycles. The standard InChI is InChI=1S/C13H14FNO3/c1-3-15-10-5-4-9(14)6-8(10)7-11(15)12(16)13(17)18-2/h4-7,12,16H,3H2,1-2H3. The first-order chi connectivity index (χ1) is 8.58. The van der Waals surface area contributed by atoms with Crippen molar-refractivity contribution < 1.29 is 19.0 Å². The molecular formula is C13H14FNO3. The van der Waals surface area contributed by atoms with Crippen LogP contribution in [-0.2, 0) is 16.1 Å². The van der Waals surface area contributed by atoms with E-state index >= 15 is 0 Å². The number of aliphatic hydroxyl groups is 1. The first kappa shape index (κ1) is 12.6. The van der Waals surface area contributed by atoms with E-state index in [1.54, 1.807) is 16.7 Å². The maximum atomic E-state index is 13.1. The molecule has 0 spiro atoms. The number of aryl methyl sites for hydroxylation is 1. The predicted octanol–water partition coefficient (Wildman–Crippen LogP) is 2.01. The summed E-state index contributed by atoms with van der Waals surface area (Å²) < 4.78 is 19.4. The zero-order chi connectivity index (χ0) is 13.3. The van der Waals surface area contributed by atoms with Crippen LogP contribution in [0.25, 0.3) is 10.9 Å². The average molecular weight is 251 g/mol. The van der Waals surface area contributed by atoms with Crippen LogP contribution in [0.15, 0.2) is 24.3 Å². The maximum absolute atomic E-state index is 13.1. The van der Waals surface area contributed by atoms with E-state index in [9.17, 15) is 14.3 Å². The summed E-state index contributed by atoms with van der Waals surface area (Å²) in [7, 11) is 1.21. The number of hydrogen-bond acceptors (Lipinski definition) is 3. The normalized spacial score (nSPS) is 12.7. The van der Waals surface area contributed by atoms with E-state index in [1.807, 2.05) is 6.92 Å². The number of esters is 1. The Labute approximate surface area is 104 Å². The summed E-state index contributed by atoms with van der Waals surface area (Å²) in [5.41, 5.74) is 1.18. The number of ether oxygens (including phenoxy) is 1. The third-order valence-electron chi connectivity index (χ3n) is 2.92. The zero-order valence-electron chi connectivity index (χ0n) is 10.2. The molecule has 5 heteroatoms. The first-order valence-electron chi connectivity index (χ1n) is 5.63. The van der Waals surface area contributed by atoms with Crippen LogP contribution >= 0.6 is 0 Å². The number of fused-ring (bicyclic) bond motifs is 1. The third kappa shape index (κ3) is 1.97. The fraction of sp³-hybridized carbons (Fsp3) is 0.308. The Hall–Kier alpha value is -1.88. The van der Waals surface area contributed by atoms with E-state index in [2.05, 4.69) is 4.74 Å². The Balaban J connectivity index is 2.60. The summed E-state index contributed by atoms with van der Waals surface area (Å²) >= 11 is 0. The molecule has 0 bridgehead atoms. The minimum Gasteiger partial charge on any atom is -0.467 e. The summed E-state index contributed by atoms with van der Waals surface area (Å²) in [4.78, 5) is 11.4. The third-order valence-corrected chi connectivity index (χ3v) is 2.92. The molecule has 0 aliphatic rings. The van der Waals surface area contributed by atoms with Gasteiger partial charge in [0.15, 0.2) is 6.10 Å². The van der Waals surface area contributed by atoms with E-state index in [-0.39, 0.29) is 5.82 Å². The highest BCUT2D eigenvalue weighted by molar-refractivity contribution is 5.84. The lowest BCUT2D eigenvalue weighted by atomic mass is 10.2. The van der Waals surface area contributed by atoms with Crippen LogP contribution in [0, 0.1) is 5.82 Å². The summed E-state index contributed by atoms with van der Waals surface area (Å²) in [5, 5.41) is 10.5. The molecule has 4 nitrogen and oxygen atoms in total. The van der Waals surface area contributed by atoms with E-state index in [4.69, 9.17) is 0 Å². The van der Waals surface area contributed by atoms with E-state index in [1.165, 1.54) is 19.2 Å². The molecule has 0 saturated carbocycles. The second-order valence-electron chi connectivity index (χ2n) is 3.94. The van der Waals surface area contributed by atoms with Crippen molar-refractivity contribution in [1.29, 1.82) is 0 Å². The quantitative estimate of drug-likeness (QED) is 0.849. The Bertz CT molecular complexity index is 591. The molecule has 1 atom stereocenters. The molecule has 2 aromatic rings. The molecule has 0 aliphatic carbocycles. The van der Waals surface area contributed by atoms with Gasteiger partial charge in [-0.1, -0.05) is 0 Å². The Morgan fingerprint density at radius 3 is 2.83 bits per heavy atom. The van der Waals surface area contributed by atoms with Gasteiger partial charge in [-0.15, -0.1) is 0 Å². The molecule has 1 unspecified atom stereocenters. The van der Waals surface area contributed by atoms with Crippen molar-refractivity contribution in [3.05, 3.63) is 35.8 Å². The highest BCUT2D eigenvalue weighted by atomic mass is 19.1. The number of rotatable bonds is 3. The van der Waals surface area contributed by atoms with Crippen molar-refractivity contribution >= 4 is 16.9 Å². The van der Waals surface area contributed by atoms with Crippen LogP contribution in [0.5, 0.6) is 0 Å². The largest absolute Gasteiger partial charge is 0.467 e. The van der Waals surface area contributed by atoms with Crippen LogP contribution in [0.3, 0.4) is 0 Å². The summed E-state index contributed by atoms with van der Waals surface area (Å²) in [6, 6.07) is 5.95. The topological polar surface area (TPSA) is 51.5 Å². The van der Waals surface area contributed by atoms with Crippen LogP contribution < -0.4 is 0 Å². The highest BCUT2D eigenvalue weighted by Crippen LogP contribution is 2.25. The Morgan fingerprint density at radius 1 is 1.50 bits per heavy atom. The first-order valence-corrected chi connectivity index (χ1v) is 5.63. The van der Waals surface area contributed by atoms with Crippen molar-refractivity contribution in [2.75, 3.05) is 7.11 Å². The Morgan fingerprint density at radius 2 is 2.22 bits per heavy atom. The van der Waals surface area contributed by atoms with Crippen molar-refractivity contribution in [2.24, 2.45) is 0 Å². The van der Waals surface area contributed by atoms with E-state index in [0.717, 1.165) is 5.52 Å². The van der Waals surface area contributed by atoms with Crippen molar-refractivity contribution in [2.45, 2.75) is 19.6 Å². The summed E-state index contributed by atoms with van der Waals surface area (Å²) in [5.74, 6) is -1.08. The van der Waals surface area contributed by atoms with E-state index in [0.29, 0.717) is 17.6 Å². The van der Waals surface area contributed by atoms with Gasteiger partial charge >= 0.3 is 5.97 Å². The van der Waals surface area contributed by atoms with Gasteiger partial charge in [0.25, 0.3) is 0 Å². The molecule has 0 radical (unpaired) electrons. The van der Waals surface area contributed by atoms with Gasteiger partial charge in [-0.3, -0.25) is 0 Å². The molecule has 96 valence electrons. The van der Waals surface area contributed by atoms with Gasteiger partial charge in [0.05, 0.1) is 12.8 Å². The molecule has 1 heterocycles. The van der Waals surface area contributed by atoms with Crippen molar-refractivity contribution in [1.82, 2.24) is 4.57 Å². The van der Waals surface area contributed by atoms with Crippen LogP contribution in [0.4, 0.5) is 4.39 Å². The minimum atomic E-state index is -1.36. The number of aromatic nitrogens is 1. The predicted molar refractivity (Wildman–Crippen MR) is 64.5 cm³/mol. The average Bonchev–Trinajstić information content (AvgIpc) is 2.74. The number of hydrogen-bond donors (Lipinski definition) is 1. The van der Waals surface area contributed by atoms with Gasteiger partial charge < -0.3 is 14.4 Å². The number of benzene rings is 1. The molecule has 0 amide bonds. The van der Waals surface area contributed by atoms with Gasteiger partial charge in [-0.2, -0.15) is 0 Å². The van der Waals surface area contributed by atoms with Crippen LogP contribution in [-0.4, -0.2) is 22.8 Å². The number of carbonyl (C=O) groups is 1. The summed E-state index contributed by atoms with van der Waals surface area (Å²) in [6.07, 6.45) is -1.36. The van der Waals surface area contributed by atoms with Crippen LogP contribution in [0.2, 0.25) is 0 Å². The molecule has 0 fully saturated rings. The van der Waals surface area contributed by atoms with Gasteiger partial charge in [0.2, 0.25) is 0 Å². The maximum Gasteiger partial charge on any atom is 0.340 e. The van der Waals surface area contributed by atoms with Gasteiger partial charge in [-0.25, -0.2) is 9.18 Å². The van der Waals surface area contributed by atoms with Gasteiger partial charge in [0, 0.05) is 17.4 Å². The fourth-order valence-corrected chi connectivity index (χ4v) is 2.07. The lowest BCUT2D eigenvalue weighted by Crippen LogP contribution is -2.17. The lowest BCUT2D eigenvalue weighted by Gasteiger charge is -2.12. The monoisotopic (exact) mass is 251 g/mol. The second-order valence-corrected chi connectivity index (χ2v) is 3.94. The number of methoxy groups -OCH3 is 1.